The third-order valence-corrected chi connectivity index (χ3v) is 4.27. The van der Waals surface area contributed by atoms with E-state index in [2.05, 4.69) is 5.32 Å². The van der Waals surface area contributed by atoms with Crippen molar-refractivity contribution in [3.8, 4) is 0 Å². The highest BCUT2D eigenvalue weighted by Crippen LogP contribution is 2.15. The van der Waals surface area contributed by atoms with E-state index in [1.54, 1.807) is 54.5 Å². The number of likely N-dealkylation sites (N-methyl/N-ethyl adjacent to an activating group) is 1. The second kappa shape index (κ2) is 7.42. The van der Waals surface area contributed by atoms with Crippen LogP contribution in [-0.4, -0.2) is 29.8 Å². The molecule has 1 aromatic carbocycles. The zero-order valence-electron chi connectivity index (χ0n) is 12.4. The highest BCUT2D eigenvalue weighted by atomic mass is 35.5. The molecule has 2 amide bonds. The van der Waals surface area contributed by atoms with Crippen molar-refractivity contribution in [1.29, 1.82) is 0 Å². The normalized spacial score (nSPS) is 11.8. The third-order valence-electron chi connectivity index (χ3n) is 3.21. The van der Waals surface area contributed by atoms with Crippen LogP contribution in [0.4, 0.5) is 0 Å². The van der Waals surface area contributed by atoms with E-state index in [1.165, 1.54) is 0 Å². The van der Waals surface area contributed by atoms with Gasteiger partial charge in [-0.2, -0.15) is 11.3 Å². The number of carbonyl (C=O) groups excluding carboxylic acids is 2. The van der Waals surface area contributed by atoms with Crippen LogP contribution in [0.15, 0.2) is 41.1 Å². The van der Waals surface area contributed by atoms with E-state index in [4.69, 9.17) is 11.6 Å². The van der Waals surface area contributed by atoms with Crippen LogP contribution >= 0.6 is 22.9 Å². The Kier molecular flexibility index (Phi) is 5.57. The Bertz CT molecular complexity index is 658. The number of nitrogens with one attached hydrogen (secondary N) is 1. The Labute approximate surface area is 138 Å². The largest absolute Gasteiger partial charge is 0.340 e. The van der Waals surface area contributed by atoms with E-state index in [9.17, 15) is 9.59 Å². The predicted molar refractivity (Wildman–Crippen MR) is 89.2 cm³/mol. The highest BCUT2D eigenvalue weighted by Gasteiger charge is 2.21. The second-order valence-corrected chi connectivity index (χ2v) is 6.19. The van der Waals surface area contributed by atoms with Crippen molar-refractivity contribution in [3.63, 3.8) is 0 Å². The molecule has 0 bridgehead atoms. The van der Waals surface area contributed by atoms with Gasteiger partial charge in [0.25, 0.3) is 5.91 Å². The summed E-state index contributed by atoms with van der Waals surface area (Å²) < 4.78 is 0. The molecule has 116 valence electrons. The van der Waals surface area contributed by atoms with Gasteiger partial charge in [-0.15, -0.1) is 0 Å². The summed E-state index contributed by atoms with van der Waals surface area (Å²) in [5.74, 6) is -0.498. The number of thiophene rings is 1. The fourth-order valence-electron chi connectivity index (χ4n) is 2.05. The second-order valence-electron chi connectivity index (χ2n) is 5.00. The first-order valence-electron chi connectivity index (χ1n) is 6.80. The van der Waals surface area contributed by atoms with Crippen molar-refractivity contribution >= 4 is 34.8 Å². The zero-order chi connectivity index (χ0) is 16.1. The first-order chi connectivity index (χ1) is 10.5. The highest BCUT2D eigenvalue weighted by molar-refractivity contribution is 7.07. The molecule has 1 heterocycles. The molecular weight excluding hydrogens is 320 g/mol. The third kappa shape index (κ3) is 4.08. The number of rotatable bonds is 5. The first-order valence-corrected chi connectivity index (χ1v) is 8.12. The zero-order valence-corrected chi connectivity index (χ0v) is 13.9. The average Bonchev–Trinajstić information content (AvgIpc) is 2.99. The van der Waals surface area contributed by atoms with Gasteiger partial charge >= 0.3 is 0 Å². The molecule has 1 N–H and O–H groups in total. The summed E-state index contributed by atoms with van der Waals surface area (Å²) in [7, 11) is 1.72. The molecule has 0 spiro atoms. The Morgan fingerprint density at radius 3 is 2.68 bits per heavy atom. The van der Waals surface area contributed by atoms with Gasteiger partial charge in [0, 0.05) is 13.6 Å². The van der Waals surface area contributed by atoms with Gasteiger partial charge in [-0.25, -0.2) is 0 Å². The minimum absolute atomic E-state index is 0.147. The SMILES string of the molecule is C[C@@H](NC(=O)c1ccccc1Cl)C(=O)N(C)Cc1ccsc1. The molecule has 1 aromatic heterocycles. The number of hydrogen-bond acceptors (Lipinski definition) is 3. The topological polar surface area (TPSA) is 49.4 Å². The molecule has 22 heavy (non-hydrogen) atoms. The van der Waals surface area contributed by atoms with Crippen LogP contribution in [-0.2, 0) is 11.3 Å². The molecule has 0 saturated heterocycles. The van der Waals surface area contributed by atoms with Crippen LogP contribution < -0.4 is 5.32 Å². The monoisotopic (exact) mass is 336 g/mol. The molecule has 0 saturated carbocycles. The van der Waals surface area contributed by atoms with E-state index < -0.39 is 6.04 Å². The fraction of sp³-hybridized carbons (Fsp3) is 0.250. The van der Waals surface area contributed by atoms with Gasteiger partial charge in [0.05, 0.1) is 10.6 Å². The smallest absolute Gasteiger partial charge is 0.253 e. The minimum Gasteiger partial charge on any atom is -0.340 e. The summed E-state index contributed by atoms with van der Waals surface area (Å²) in [4.78, 5) is 26.1. The van der Waals surface area contributed by atoms with E-state index in [-0.39, 0.29) is 11.8 Å². The Balaban J connectivity index is 1.96. The van der Waals surface area contributed by atoms with Crippen molar-refractivity contribution in [2.75, 3.05) is 7.05 Å². The van der Waals surface area contributed by atoms with Gasteiger partial charge < -0.3 is 10.2 Å². The van der Waals surface area contributed by atoms with E-state index in [0.717, 1.165) is 5.56 Å². The minimum atomic E-state index is -0.618. The maximum Gasteiger partial charge on any atom is 0.253 e. The number of amides is 2. The lowest BCUT2D eigenvalue weighted by Crippen LogP contribution is -2.45. The summed E-state index contributed by atoms with van der Waals surface area (Å²) in [5.41, 5.74) is 1.44. The standard InChI is InChI=1S/C16H17ClN2O2S/c1-11(16(21)19(2)9-12-7-8-22-10-12)18-15(20)13-5-3-4-6-14(13)17/h3-8,10-11H,9H2,1-2H3,(H,18,20)/t11-/m1/s1. The maximum atomic E-state index is 12.3. The molecule has 0 fully saturated rings. The van der Waals surface area contributed by atoms with Crippen LogP contribution in [0, 0.1) is 0 Å². The molecule has 1 atom stereocenters. The van der Waals surface area contributed by atoms with Crippen molar-refractivity contribution < 1.29 is 9.59 Å². The number of halogens is 1. The maximum absolute atomic E-state index is 12.3. The van der Waals surface area contributed by atoms with Crippen LogP contribution in [0.3, 0.4) is 0 Å². The number of carbonyl (C=O) groups is 2. The van der Waals surface area contributed by atoms with E-state index in [0.29, 0.717) is 17.1 Å². The van der Waals surface area contributed by atoms with Crippen LogP contribution in [0.25, 0.3) is 0 Å². The molecule has 0 unspecified atom stereocenters. The molecule has 0 radical (unpaired) electrons. The average molecular weight is 337 g/mol. The van der Waals surface area contributed by atoms with Gasteiger partial charge in [-0.05, 0) is 41.4 Å². The Morgan fingerprint density at radius 1 is 1.32 bits per heavy atom. The quantitative estimate of drug-likeness (QED) is 0.911. The molecule has 0 aliphatic carbocycles. The molecule has 6 heteroatoms. The molecular formula is C16H17ClN2O2S. The number of benzene rings is 1. The lowest BCUT2D eigenvalue weighted by Gasteiger charge is -2.22. The van der Waals surface area contributed by atoms with Crippen LogP contribution in [0.5, 0.6) is 0 Å². The summed E-state index contributed by atoms with van der Waals surface area (Å²) in [6.07, 6.45) is 0. The molecule has 2 rings (SSSR count). The lowest BCUT2D eigenvalue weighted by atomic mass is 10.2. The van der Waals surface area contributed by atoms with Gasteiger partial charge in [0.1, 0.15) is 6.04 Å². The van der Waals surface area contributed by atoms with Crippen LogP contribution in [0.2, 0.25) is 5.02 Å². The molecule has 0 aliphatic rings. The van der Waals surface area contributed by atoms with E-state index in [1.807, 2.05) is 16.8 Å². The summed E-state index contributed by atoms with van der Waals surface area (Å²) in [6.45, 7) is 2.19. The van der Waals surface area contributed by atoms with Crippen LogP contribution in [0.1, 0.15) is 22.8 Å². The first kappa shape index (κ1) is 16.5. The number of nitrogens with zero attached hydrogens (tertiary/aromatic N) is 1. The lowest BCUT2D eigenvalue weighted by molar-refractivity contribution is -0.132. The van der Waals surface area contributed by atoms with Gasteiger partial charge in [-0.1, -0.05) is 23.7 Å². The molecule has 0 aliphatic heterocycles. The summed E-state index contributed by atoms with van der Waals surface area (Å²) in [5, 5.41) is 7.02. The van der Waals surface area contributed by atoms with Gasteiger partial charge in [0.2, 0.25) is 5.91 Å². The van der Waals surface area contributed by atoms with Gasteiger partial charge in [-0.3, -0.25) is 9.59 Å². The predicted octanol–water partition coefficient (Wildman–Crippen LogP) is 3.18. The number of hydrogen-bond donors (Lipinski definition) is 1. The van der Waals surface area contributed by atoms with E-state index >= 15 is 0 Å². The Morgan fingerprint density at radius 2 is 2.05 bits per heavy atom. The van der Waals surface area contributed by atoms with Crippen molar-refractivity contribution in [2.24, 2.45) is 0 Å². The fourth-order valence-corrected chi connectivity index (χ4v) is 2.93. The summed E-state index contributed by atoms with van der Waals surface area (Å²) in [6, 6.07) is 8.11. The molecule has 4 nitrogen and oxygen atoms in total. The van der Waals surface area contributed by atoms with Crippen molar-refractivity contribution in [2.45, 2.75) is 19.5 Å². The van der Waals surface area contributed by atoms with Crippen molar-refractivity contribution in [1.82, 2.24) is 10.2 Å². The van der Waals surface area contributed by atoms with Gasteiger partial charge in [0.15, 0.2) is 0 Å². The Hall–Kier alpha value is -1.85. The van der Waals surface area contributed by atoms with Crippen molar-refractivity contribution in [3.05, 3.63) is 57.2 Å². The summed E-state index contributed by atoms with van der Waals surface area (Å²) >= 11 is 7.57. The molecule has 2 aromatic rings.